The van der Waals surface area contributed by atoms with Gasteiger partial charge in [-0.25, -0.2) is 5.43 Å². The summed E-state index contributed by atoms with van der Waals surface area (Å²) in [4.78, 5) is 12.1. The lowest BCUT2D eigenvalue weighted by atomic mass is 10.1. The summed E-state index contributed by atoms with van der Waals surface area (Å²) in [5.74, 6) is 0.470. The van der Waals surface area contributed by atoms with Crippen LogP contribution in [0.4, 0.5) is 0 Å². The predicted octanol–water partition coefficient (Wildman–Crippen LogP) is 3.63. The second kappa shape index (κ2) is 8.62. The molecule has 6 heteroatoms. The number of hydrogen-bond acceptors (Lipinski definition) is 4. The van der Waals surface area contributed by atoms with Gasteiger partial charge in [0.2, 0.25) is 0 Å². The van der Waals surface area contributed by atoms with E-state index < -0.39 is 0 Å². The van der Waals surface area contributed by atoms with Crippen molar-refractivity contribution in [1.82, 2.24) is 15.6 Å². The normalized spacial score (nSPS) is 10.8. The molecule has 0 fully saturated rings. The number of H-pyrrole nitrogens is 1. The number of rotatable bonds is 7. The van der Waals surface area contributed by atoms with Crippen LogP contribution < -0.4 is 10.2 Å². The Hall–Kier alpha value is -3.41. The highest BCUT2D eigenvalue weighted by Crippen LogP contribution is 2.16. The summed E-state index contributed by atoms with van der Waals surface area (Å²) in [7, 11) is 0. The summed E-state index contributed by atoms with van der Waals surface area (Å²) in [5.41, 5.74) is 5.36. The molecule has 1 heterocycles. The van der Waals surface area contributed by atoms with Gasteiger partial charge in [0.25, 0.3) is 5.91 Å². The third-order valence-corrected chi connectivity index (χ3v) is 3.62. The molecule has 132 valence electrons. The number of carbonyl (C=O) groups excluding carboxylic acids is 1. The van der Waals surface area contributed by atoms with Gasteiger partial charge in [0.1, 0.15) is 11.4 Å². The van der Waals surface area contributed by atoms with Gasteiger partial charge in [-0.3, -0.25) is 9.89 Å². The van der Waals surface area contributed by atoms with Gasteiger partial charge in [0, 0.05) is 5.56 Å². The van der Waals surface area contributed by atoms with Gasteiger partial charge >= 0.3 is 0 Å². The molecule has 3 aromatic rings. The van der Waals surface area contributed by atoms with E-state index in [9.17, 15) is 4.79 Å². The maximum atomic E-state index is 12.1. The quantitative estimate of drug-likeness (QED) is 0.505. The average molecular weight is 348 g/mol. The van der Waals surface area contributed by atoms with Crippen LogP contribution in [0.15, 0.2) is 65.8 Å². The van der Waals surface area contributed by atoms with Crippen molar-refractivity contribution < 1.29 is 9.53 Å². The number of nitrogens with one attached hydrogen (secondary N) is 2. The van der Waals surface area contributed by atoms with E-state index >= 15 is 0 Å². The molecule has 1 amide bonds. The lowest BCUT2D eigenvalue weighted by molar-refractivity contribution is 0.0950. The predicted molar refractivity (Wildman–Crippen MR) is 101 cm³/mol. The van der Waals surface area contributed by atoms with E-state index in [0.29, 0.717) is 18.0 Å². The van der Waals surface area contributed by atoms with Crippen LogP contribution in [0.5, 0.6) is 5.75 Å². The Labute approximate surface area is 151 Å². The highest BCUT2D eigenvalue weighted by atomic mass is 16.5. The van der Waals surface area contributed by atoms with Crippen LogP contribution in [-0.4, -0.2) is 28.9 Å². The largest absolute Gasteiger partial charge is 0.494 e. The Kier molecular flexibility index (Phi) is 5.77. The van der Waals surface area contributed by atoms with E-state index in [1.54, 1.807) is 12.3 Å². The van der Waals surface area contributed by atoms with E-state index in [1.807, 2.05) is 54.6 Å². The third-order valence-electron chi connectivity index (χ3n) is 3.62. The zero-order valence-corrected chi connectivity index (χ0v) is 14.5. The molecule has 26 heavy (non-hydrogen) atoms. The van der Waals surface area contributed by atoms with E-state index in [0.717, 1.165) is 23.3 Å². The van der Waals surface area contributed by atoms with Crippen molar-refractivity contribution in [2.45, 2.75) is 13.3 Å². The number of hydrazone groups is 1. The molecule has 0 unspecified atom stereocenters. The van der Waals surface area contributed by atoms with Gasteiger partial charge < -0.3 is 4.74 Å². The molecule has 2 N–H and O–H groups in total. The first kappa shape index (κ1) is 17.4. The molecule has 6 nitrogen and oxygen atoms in total. The van der Waals surface area contributed by atoms with Gasteiger partial charge in [0.05, 0.1) is 18.5 Å². The Morgan fingerprint density at radius 1 is 1.19 bits per heavy atom. The smallest absolute Gasteiger partial charge is 0.289 e. The van der Waals surface area contributed by atoms with Gasteiger partial charge in [-0.1, -0.05) is 37.3 Å². The van der Waals surface area contributed by atoms with Crippen molar-refractivity contribution in [3.05, 3.63) is 71.9 Å². The highest BCUT2D eigenvalue weighted by molar-refractivity contribution is 5.94. The van der Waals surface area contributed by atoms with Crippen molar-refractivity contribution in [3.63, 3.8) is 0 Å². The molecule has 0 spiro atoms. The van der Waals surface area contributed by atoms with Crippen LogP contribution in [0, 0.1) is 0 Å². The van der Waals surface area contributed by atoms with E-state index in [1.165, 1.54) is 0 Å². The fourth-order valence-electron chi connectivity index (χ4n) is 2.29. The van der Waals surface area contributed by atoms with Crippen LogP contribution >= 0.6 is 0 Å². The molecule has 0 saturated heterocycles. The first-order chi connectivity index (χ1) is 12.8. The van der Waals surface area contributed by atoms with Gasteiger partial charge in [-0.15, -0.1) is 0 Å². The molecule has 0 saturated carbocycles. The molecule has 0 atom stereocenters. The van der Waals surface area contributed by atoms with Crippen LogP contribution in [0.1, 0.15) is 29.4 Å². The van der Waals surface area contributed by atoms with E-state index in [4.69, 9.17) is 4.74 Å². The monoisotopic (exact) mass is 348 g/mol. The third kappa shape index (κ3) is 4.57. The minimum atomic E-state index is -0.348. The SMILES string of the molecule is CCCOc1ccc(/C=N/NC(=O)c2cc(-c3ccccc3)n[nH]2)cc1. The lowest BCUT2D eigenvalue weighted by Crippen LogP contribution is -2.17. The average Bonchev–Trinajstić information content (AvgIpc) is 3.18. The van der Waals surface area contributed by atoms with Crippen LogP contribution in [0.3, 0.4) is 0 Å². The van der Waals surface area contributed by atoms with Crippen molar-refractivity contribution in [2.75, 3.05) is 6.61 Å². The highest BCUT2D eigenvalue weighted by Gasteiger charge is 2.09. The lowest BCUT2D eigenvalue weighted by Gasteiger charge is -2.03. The second-order valence-electron chi connectivity index (χ2n) is 5.65. The molecule has 0 radical (unpaired) electrons. The molecular weight excluding hydrogens is 328 g/mol. The van der Waals surface area contributed by atoms with E-state index in [-0.39, 0.29) is 5.91 Å². The standard InChI is InChI=1S/C20H20N4O2/c1-2-12-26-17-10-8-15(9-11-17)14-21-24-20(25)19-13-18(22-23-19)16-6-4-3-5-7-16/h3-11,13-14H,2,12H2,1H3,(H,22,23)(H,24,25)/b21-14+. The number of amides is 1. The number of nitrogens with zero attached hydrogens (tertiary/aromatic N) is 2. The first-order valence-electron chi connectivity index (χ1n) is 8.43. The van der Waals surface area contributed by atoms with Gasteiger partial charge in [0.15, 0.2) is 0 Å². The Morgan fingerprint density at radius 2 is 1.96 bits per heavy atom. The minimum Gasteiger partial charge on any atom is -0.494 e. The summed E-state index contributed by atoms with van der Waals surface area (Å²) in [6, 6.07) is 18.8. The molecule has 2 aromatic carbocycles. The topological polar surface area (TPSA) is 79.4 Å². The molecule has 0 aliphatic rings. The molecule has 1 aromatic heterocycles. The molecule has 0 aliphatic heterocycles. The van der Waals surface area contributed by atoms with Crippen LogP contribution in [0.2, 0.25) is 0 Å². The number of aromatic amines is 1. The van der Waals surface area contributed by atoms with Crippen molar-refractivity contribution >= 4 is 12.1 Å². The second-order valence-corrected chi connectivity index (χ2v) is 5.65. The number of benzene rings is 2. The van der Waals surface area contributed by atoms with Gasteiger partial charge in [-0.05, 0) is 42.3 Å². The summed E-state index contributed by atoms with van der Waals surface area (Å²) >= 11 is 0. The molecule has 0 aliphatic carbocycles. The molecular formula is C20H20N4O2. The maximum Gasteiger partial charge on any atom is 0.289 e. The Bertz CT molecular complexity index is 870. The maximum absolute atomic E-state index is 12.1. The fourth-order valence-corrected chi connectivity index (χ4v) is 2.29. The minimum absolute atomic E-state index is 0.348. The number of hydrogen-bond donors (Lipinski definition) is 2. The first-order valence-corrected chi connectivity index (χ1v) is 8.43. The number of ether oxygens (including phenoxy) is 1. The zero-order valence-electron chi connectivity index (χ0n) is 14.5. The van der Waals surface area contributed by atoms with Crippen molar-refractivity contribution in [3.8, 4) is 17.0 Å². The summed E-state index contributed by atoms with van der Waals surface area (Å²) in [6.07, 6.45) is 2.55. The summed E-state index contributed by atoms with van der Waals surface area (Å²) < 4.78 is 5.52. The summed E-state index contributed by atoms with van der Waals surface area (Å²) in [5, 5.41) is 10.9. The summed E-state index contributed by atoms with van der Waals surface area (Å²) in [6.45, 7) is 2.75. The van der Waals surface area contributed by atoms with Gasteiger partial charge in [-0.2, -0.15) is 10.2 Å². The molecule has 0 bridgehead atoms. The van der Waals surface area contributed by atoms with Crippen LogP contribution in [0.25, 0.3) is 11.3 Å². The molecule has 3 rings (SSSR count). The number of carbonyl (C=O) groups is 1. The fraction of sp³-hybridized carbons (Fsp3) is 0.150. The van der Waals surface area contributed by atoms with Crippen LogP contribution in [-0.2, 0) is 0 Å². The Morgan fingerprint density at radius 3 is 2.69 bits per heavy atom. The Balaban J connectivity index is 1.57. The zero-order chi connectivity index (χ0) is 18.2. The van der Waals surface area contributed by atoms with Crippen molar-refractivity contribution in [2.24, 2.45) is 5.10 Å². The number of aromatic nitrogens is 2. The van der Waals surface area contributed by atoms with Crippen molar-refractivity contribution in [1.29, 1.82) is 0 Å². The van der Waals surface area contributed by atoms with E-state index in [2.05, 4.69) is 27.6 Å².